The monoisotopic (exact) mass is 245 g/mol. The summed E-state index contributed by atoms with van der Waals surface area (Å²) in [7, 11) is 0. The molecule has 0 aliphatic carbocycles. The summed E-state index contributed by atoms with van der Waals surface area (Å²) >= 11 is 0. The molecule has 2 heterocycles. The van der Waals surface area contributed by atoms with Gasteiger partial charge in [0.25, 0.3) is 5.91 Å². The molecule has 0 saturated carbocycles. The fraction of sp³-hybridized carbons (Fsp3) is 0.600. The third-order valence-electron chi connectivity index (χ3n) is 2.61. The predicted molar refractivity (Wildman–Crippen MR) is 61.9 cm³/mol. The molecule has 1 aromatic rings. The van der Waals surface area contributed by atoms with Crippen molar-refractivity contribution in [2.24, 2.45) is 0 Å². The summed E-state index contributed by atoms with van der Waals surface area (Å²) in [4.78, 5) is 13.8. The van der Waals surface area contributed by atoms with Gasteiger partial charge in [-0.3, -0.25) is 4.79 Å². The van der Waals surface area contributed by atoms with Gasteiger partial charge in [-0.1, -0.05) is 5.16 Å². The second-order valence-electron chi connectivity index (χ2n) is 3.87. The number of halogens is 1. The largest absolute Gasteiger partial charge is 0.361 e. The second-order valence-corrected chi connectivity index (χ2v) is 3.87. The van der Waals surface area contributed by atoms with E-state index >= 15 is 0 Å². The molecule has 16 heavy (non-hydrogen) atoms. The van der Waals surface area contributed by atoms with E-state index in [-0.39, 0.29) is 24.4 Å². The molecule has 1 aliphatic heterocycles. The SMILES string of the molecule is Cc1cc(C(=O)N2CCNC[C@H]2C)no1.Cl. The van der Waals surface area contributed by atoms with Crippen molar-refractivity contribution in [2.75, 3.05) is 19.6 Å². The highest BCUT2D eigenvalue weighted by molar-refractivity contribution is 5.92. The van der Waals surface area contributed by atoms with E-state index in [1.807, 2.05) is 11.8 Å². The van der Waals surface area contributed by atoms with Gasteiger partial charge in [-0.15, -0.1) is 12.4 Å². The summed E-state index contributed by atoms with van der Waals surface area (Å²) in [5.74, 6) is 0.627. The summed E-state index contributed by atoms with van der Waals surface area (Å²) in [6, 6.07) is 1.89. The van der Waals surface area contributed by atoms with Crippen molar-refractivity contribution >= 4 is 18.3 Å². The first-order valence-corrected chi connectivity index (χ1v) is 5.13. The maximum absolute atomic E-state index is 12.0. The highest BCUT2D eigenvalue weighted by atomic mass is 35.5. The lowest BCUT2D eigenvalue weighted by molar-refractivity contribution is 0.0645. The zero-order valence-corrected chi connectivity index (χ0v) is 10.2. The van der Waals surface area contributed by atoms with Crippen molar-refractivity contribution in [1.29, 1.82) is 0 Å². The highest BCUT2D eigenvalue weighted by Gasteiger charge is 2.25. The first-order valence-electron chi connectivity index (χ1n) is 5.13. The highest BCUT2D eigenvalue weighted by Crippen LogP contribution is 2.10. The van der Waals surface area contributed by atoms with Crippen LogP contribution in [0.2, 0.25) is 0 Å². The number of aryl methyl sites for hydroxylation is 1. The molecule has 1 atom stereocenters. The van der Waals surface area contributed by atoms with Crippen molar-refractivity contribution in [3.63, 3.8) is 0 Å². The van der Waals surface area contributed by atoms with Crippen LogP contribution in [0.4, 0.5) is 0 Å². The van der Waals surface area contributed by atoms with Crippen LogP contribution in [0.1, 0.15) is 23.2 Å². The van der Waals surface area contributed by atoms with Gasteiger partial charge in [0.05, 0.1) is 0 Å². The third-order valence-corrected chi connectivity index (χ3v) is 2.61. The molecule has 90 valence electrons. The van der Waals surface area contributed by atoms with Gasteiger partial charge in [0.2, 0.25) is 0 Å². The van der Waals surface area contributed by atoms with Crippen LogP contribution in [0, 0.1) is 6.92 Å². The van der Waals surface area contributed by atoms with Crippen LogP contribution in [0.5, 0.6) is 0 Å². The molecule has 0 spiro atoms. The molecule has 2 rings (SSSR count). The van der Waals surface area contributed by atoms with Crippen LogP contribution in [-0.4, -0.2) is 41.6 Å². The molecule has 1 N–H and O–H groups in total. The second kappa shape index (κ2) is 5.32. The normalized spacial score (nSPS) is 20.4. The van der Waals surface area contributed by atoms with E-state index in [0.717, 1.165) is 19.6 Å². The molecule has 0 radical (unpaired) electrons. The Kier molecular flexibility index (Phi) is 4.32. The van der Waals surface area contributed by atoms with Crippen LogP contribution < -0.4 is 5.32 Å². The van der Waals surface area contributed by atoms with Gasteiger partial charge < -0.3 is 14.7 Å². The lowest BCUT2D eigenvalue weighted by atomic mass is 10.2. The van der Waals surface area contributed by atoms with Crippen molar-refractivity contribution in [1.82, 2.24) is 15.4 Å². The van der Waals surface area contributed by atoms with E-state index < -0.39 is 0 Å². The number of carbonyl (C=O) groups excluding carboxylic acids is 1. The number of piperazine rings is 1. The molecule has 0 unspecified atom stereocenters. The smallest absolute Gasteiger partial charge is 0.276 e. The van der Waals surface area contributed by atoms with Gasteiger partial charge in [-0.05, 0) is 13.8 Å². The van der Waals surface area contributed by atoms with E-state index in [1.54, 1.807) is 13.0 Å². The number of nitrogens with zero attached hydrogens (tertiary/aromatic N) is 2. The summed E-state index contributed by atoms with van der Waals surface area (Å²) < 4.78 is 4.90. The van der Waals surface area contributed by atoms with E-state index in [1.165, 1.54) is 0 Å². The Morgan fingerprint density at radius 1 is 1.69 bits per heavy atom. The van der Waals surface area contributed by atoms with Gasteiger partial charge in [0.1, 0.15) is 5.76 Å². The van der Waals surface area contributed by atoms with Gasteiger partial charge in [-0.25, -0.2) is 0 Å². The zero-order valence-electron chi connectivity index (χ0n) is 9.40. The van der Waals surface area contributed by atoms with Crippen LogP contribution in [0.25, 0.3) is 0 Å². The predicted octanol–water partition coefficient (Wildman–Crippen LogP) is 0.839. The van der Waals surface area contributed by atoms with Crippen molar-refractivity contribution in [2.45, 2.75) is 19.9 Å². The number of carbonyl (C=O) groups is 1. The van der Waals surface area contributed by atoms with Crippen molar-refractivity contribution < 1.29 is 9.32 Å². The van der Waals surface area contributed by atoms with E-state index in [9.17, 15) is 4.79 Å². The Morgan fingerprint density at radius 2 is 2.44 bits per heavy atom. The quantitative estimate of drug-likeness (QED) is 0.797. The molecule has 0 bridgehead atoms. The van der Waals surface area contributed by atoms with Crippen molar-refractivity contribution in [3.8, 4) is 0 Å². The minimum Gasteiger partial charge on any atom is -0.361 e. The van der Waals surface area contributed by atoms with Gasteiger partial charge >= 0.3 is 0 Å². The number of amides is 1. The number of rotatable bonds is 1. The third kappa shape index (κ3) is 2.54. The van der Waals surface area contributed by atoms with E-state index in [0.29, 0.717) is 11.5 Å². The number of hydrogen-bond acceptors (Lipinski definition) is 4. The Labute approximate surface area is 101 Å². The Bertz CT molecular complexity index is 367. The van der Waals surface area contributed by atoms with Crippen molar-refractivity contribution in [3.05, 3.63) is 17.5 Å². The number of aromatic nitrogens is 1. The Balaban J connectivity index is 0.00000128. The maximum Gasteiger partial charge on any atom is 0.276 e. The summed E-state index contributed by atoms with van der Waals surface area (Å²) in [6.45, 7) is 6.21. The molecule has 0 aromatic carbocycles. The molecule has 1 aliphatic rings. The number of nitrogens with one attached hydrogen (secondary N) is 1. The maximum atomic E-state index is 12.0. The van der Waals surface area contributed by atoms with Crippen LogP contribution >= 0.6 is 12.4 Å². The van der Waals surface area contributed by atoms with Crippen LogP contribution in [0.15, 0.2) is 10.6 Å². The van der Waals surface area contributed by atoms with Gasteiger partial charge in [0, 0.05) is 31.7 Å². The van der Waals surface area contributed by atoms with E-state index in [2.05, 4.69) is 10.5 Å². The average molecular weight is 246 g/mol. The Hall–Kier alpha value is -1.07. The molecular formula is C10H16ClN3O2. The standard InChI is InChI=1S/C10H15N3O2.ClH/c1-7-6-11-3-4-13(7)10(14)9-5-8(2)15-12-9;/h5,7,11H,3-4,6H2,1-2H3;1H/t7-;/m1./s1. The Morgan fingerprint density at radius 3 is 3.00 bits per heavy atom. The van der Waals surface area contributed by atoms with Gasteiger partial charge in [0.15, 0.2) is 5.69 Å². The minimum atomic E-state index is -0.0409. The molecule has 5 nitrogen and oxygen atoms in total. The summed E-state index contributed by atoms with van der Waals surface area (Å²) in [6.07, 6.45) is 0. The summed E-state index contributed by atoms with van der Waals surface area (Å²) in [5, 5.41) is 6.98. The average Bonchev–Trinajstić information content (AvgIpc) is 2.65. The first-order chi connectivity index (χ1) is 7.18. The van der Waals surface area contributed by atoms with Crippen LogP contribution in [-0.2, 0) is 0 Å². The zero-order chi connectivity index (χ0) is 10.8. The fourth-order valence-corrected chi connectivity index (χ4v) is 1.76. The molecule has 6 heteroatoms. The lowest BCUT2D eigenvalue weighted by Gasteiger charge is -2.33. The molecule has 1 fully saturated rings. The topological polar surface area (TPSA) is 58.4 Å². The number of hydrogen-bond donors (Lipinski definition) is 1. The van der Waals surface area contributed by atoms with Gasteiger partial charge in [-0.2, -0.15) is 0 Å². The first kappa shape index (κ1) is 13.0. The summed E-state index contributed by atoms with van der Waals surface area (Å²) in [5.41, 5.74) is 0.404. The van der Waals surface area contributed by atoms with E-state index in [4.69, 9.17) is 4.52 Å². The molecular weight excluding hydrogens is 230 g/mol. The minimum absolute atomic E-state index is 0. The fourth-order valence-electron chi connectivity index (χ4n) is 1.76. The molecule has 1 saturated heterocycles. The lowest BCUT2D eigenvalue weighted by Crippen LogP contribution is -2.52. The molecule has 1 aromatic heterocycles. The van der Waals surface area contributed by atoms with Crippen LogP contribution in [0.3, 0.4) is 0 Å². The molecule has 1 amide bonds.